The number of unbranched alkanes of at least 4 members (excludes halogenated alkanes) is 1. The van der Waals surface area contributed by atoms with Gasteiger partial charge in [0, 0.05) is 33.4 Å². The highest BCUT2D eigenvalue weighted by Gasteiger charge is 2.03. The van der Waals surface area contributed by atoms with Crippen molar-refractivity contribution < 1.29 is 14.2 Å². The lowest BCUT2D eigenvalue weighted by atomic mass is 10.2. The number of halogens is 2. The maximum Gasteiger partial charge on any atom is 0.191 e. The topological polar surface area (TPSA) is 65.9 Å². The Hall–Kier alpha value is -1.09. The molecule has 0 heterocycles. The van der Waals surface area contributed by atoms with Crippen molar-refractivity contribution in [3.8, 4) is 5.75 Å². The third kappa shape index (κ3) is 9.60. The Morgan fingerprint density at radius 1 is 1.26 bits per heavy atom. The minimum atomic E-state index is -0.619. The maximum atomic E-state index is 13.2. The van der Waals surface area contributed by atoms with E-state index in [9.17, 15) is 4.39 Å². The average molecular weight is 439 g/mol. The first-order valence-corrected chi connectivity index (χ1v) is 7.67. The van der Waals surface area contributed by atoms with Gasteiger partial charge in [0.25, 0.3) is 0 Å². The van der Waals surface area contributed by atoms with Crippen LogP contribution in [0.15, 0.2) is 23.2 Å². The molecule has 0 saturated heterocycles. The summed E-state index contributed by atoms with van der Waals surface area (Å²) in [6.45, 7) is 4.88. The SMILES string of the molecule is CCCCOCCCNC(=NC)NCc1ccc(O)c(F)c1.I. The molecule has 0 unspecified atom stereocenters. The Morgan fingerprint density at radius 3 is 2.65 bits per heavy atom. The molecule has 1 aromatic rings. The highest BCUT2D eigenvalue weighted by Crippen LogP contribution is 2.15. The highest BCUT2D eigenvalue weighted by atomic mass is 127. The molecule has 3 N–H and O–H groups in total. The number of hydrogen-bond donors (Lipinski definition) is 3. The number of ether oxygens (including phenoxy) is 1. The molecular formula is C16H27FIN3O2. The van der Waals surface area contributed by atoms with Gasteiger partial charge in [-0.2, -0.15) is 0 Å². The van der Waals surface area contributed by atoms with Crippen LogP contribution in [0.3, 0.4) is 0 Å². The molecule has 0 aliphatic rings. The van der Waals surface area contributed by atoms with Gasteiger partial charge in [-0.25, -0.2) is 4.39 Å². The van der Waals surface area contributed by atoms with Crippen LogP contribution < -0.4 is 10.6 Å². The quantitative estimate of drug-likeness (QED) is 0.240. The van der Waals surface area contributed by atoms with E-state index in [-0.39, 0.29) is 29.7 Å². The van der Waals surface area contributed by atoms with Gasteiger partial charge in [-0.05, 0) is 30.5 Å². The summed E-state index contributed by atoms with van der Waals surface area (Å²) in [4.78, 5) is 4.10. The van der Waals surface area contributed by atoms with Crippen LogP contribution in [0, 0.1) is 5.82 Å². The second-order valence-electron chi connectivity index (χ2n) is 4.96. The van der Waals surface area contributed by atoms with Crippen LogP contribution in [0.2, 0.25) is 0 Å². The van der Waals surface area contributed by atoms with Crippen molar-refractivity contribution in [3.05, 3.63) is 29.6 Å². The predicted octanol–water partition coefficient (Wildman–Crippen LogP) is 3.02. The molecule has 0 amide bonds. The van der Waals surface area contributed by atoms with Gasteiger partial charge >= 0.3 is 0 Å². The van der Waals surface area contributed by atoms with Crippen molar-refractivity contribution in [1.82, 2.24) is 10.6 Å². The summed E-state index contributed by atoms with van der Waals surface area (Å²) in [7, 11) is 1.69. The monoisotopic (exact) mass is 439 g/mol. The highest BCUT2D eigenvalue weighted by molar-refractivity contribution is 14.0. The van der Waals surface area contributed by atoms with E-state index >= 15 is 0 Å². The van der Waals surface area contributed by atoms with Gasteiger partial charge in [-0.3, -0.25) is 4.99 Å². The fourth-order valence-electron chi connectivity index (χ4n) is 1.80. The molecule has 0 saturated carbocycles. The Balaban J connectivity index is 0.00000484. The Kier molecular flexibility index (Phi) is 12.7. The number of hydrogen-bond acceptors (Lipinski definition) is 3. The average Bonchev–Trinajstić information content (AvgIpc) is 2.52. The maximum absolute atomic E-state index is 13.2. The summed E-state index contributed by atoms with van der Waals surface area (Å²) < 4.78 is 18.7. The molecule has 132 valence electrons. The summed E-state index contributed by atoms with van der Waals surface area (Å²) in [5.41, 5.74) is 0.737. The van der Waals surface area contributed by atoms with E-state index in [2.05, 4.69) is 22.5 Å². The number of aliphatic imine (C=N–C) groups is 1. The van der Waals surface area contributed by atoms with E-state index in [0.29, 0.717) is 12.5 Å². The fourth-order valence-corrected chi connectivity index (χ4v) is 1.80. The lowest BCUT2D eigenvalue weighted by Gasteiger charge is -2.12. The van der Waals surface area contributed by atoms with Crippen molar-refractivity contribution in [2.24, 2.45) is 4.99 Å². The second-order valence-corrected chi connectivity index (χ2v) is 4.96. The van der Waals surface area contributed by atoms with E-state index in [1.54, 1.807) is 13.1 Å². The van der Waals surface area contributed by atoms with E-state index in [0.717, 1.165) is 44.6 Å². The van der Waals surface area contributed by atoms with Crippen molar-refractivity contribution in [2.45, 2.75) is 32.7 Å². The number of phenols is 1. The standard InChI is InChI=1S/C16H26FN3O2.HI/c1-3-4-9-22-10-5-8-19-16(18-2)20-12-13-6-7-15(21)14(17)11-13;/h6-7,11,21H,3-5,8-10,12H2,1-2H3,(H2,18,19,20);1H. The molecule has 0 aliphatic carbocycles. The molecule has 0 aliphatic heterocycles. The first-order chi connectivity index (χ1) is 10.7. The van der Waals surface area contributed by atoms with Gasteiger partial charge in [0.05, 0.1) is 0 Å². The van der Waals surface area contributed by atoms with Crippen LogP contribution in [0.4, 0.5) is 4.39 Å². The van der Waals surface area contributed by atoms with Crippen LogP contribution in [0.25, 0.3) is 0 Å². The predicted molar refractivity (Wildman–Crippen MR) is 102 cm³/mol. The van der Waals surface area contributed by atoms with Gasteiger partial charge in [0.1, 0.15) is 0 Å². The van der Waals surface area contributed by atoms with E-state index in [1.807, 2.05) is 0 Å². The molecular weight excluding hydrogens is 412 g/mol. The van der Waals surface area contributed by atoms with Crippen LogP contribution >= 0.6 is 24.0 Å². The number of guanidine groups is 1. The fraction of sp³-hybridized carbons (Fsp3) is 0.562. The van der Waals surface area contributed by atoms with Crippen LogP contribution in [-0.2, 0) is 11.3 Å². The molecule has 5 nitrogen and oxygen atoms in total. The first-order valence-electron chi connectivity index (χ1n) is 7.67. The number of phenolic OH excluding ortho intramolecular Hbond substituents is 1. The summed E-state index contributed by atoms with van der Waals surface area (Å²) in [6, 6.07) is 4.31. The van der Waals surface area contributed by atoms with Crippen molar-refractivity contribution >= 4 is 29.9 Å². The lowest BCUT2D eigenvalue weighted by Crippen LogP contribution is -2.37. The van der Waals surface area contributed by atoms with Gasteiger partial charge in [-0.1, -0.05) is 19.4 Å². The number of aromatic hydroxyl groups is 1. The Morgan fingerprint density at radius 2 is 2.00 bits per heavy atom. The van der Waals surface area contributed by atoms with E-state index in [4.69, 9.17) is 9.84 Å². The number of nitrogens with one attached hydrogen (secondary N) is 2. The van der Waals surface area contributed by atoms with Gasteiger partial charge < -0.3 is 20.5 Å². The first kappa shape index (κ1) is 21.9. The minimum Gasteiger partial charge on any atom is -0.505 e. The zero-order valence-corrected chi connectivity index (χ0v) is 16.1. The second kappa shape index (κ2) is 13.4. The normalized spacial score (nSPS) is 11.0. The third-order valence-corrected chi connectivity index (χ3v) is 3.10. The zero-order valence-electron chi connectivity index (χ0n) is 13.8. The van der Waals surface area contributed by atoms with Gasteiger partial charge in [0.2, 0.25) is 0 Å². The molecule has 0 bridgehead atoms. The van der Waals surface area contributed by atoms with Crippen LogP contribution in [-0.4, -0.2) is 37.9 Å². The van der Waals surface area contributed by atoms with Gasteiger partial charge in [-0.15, -0.1) is 24.0 Å². The molecule has 1 aromatic carbocycles. The van der Waals surface area contributed by atoms with Crippen molar-refractivity contribution in [3.63, 3.8) is 0 Å². The summed E-state index contributed by atoms with van der Waals surface area (Å²) >= 11 is 0. The largest absolute Gasteiger partial charge is 0.505 e. The molecule has 23 heavy (non-hydrogen) atoms. The number of nitrogens with zero attached hydrogens (tertiary/aromatic N) is 1. The van der Waals surface area contributed by atoms with Crippen molar-refractivity contribution in [1.29, 1.82) is 0 Å². The summed E-state index contributed by atoms with van der Waals surface area (Å²) in [5, 5.41) is 15.4. The molecule has 1 rings (SSSR count). The molecule has 0 fully saturated rings. The van der Waals surface area contributed by atoms with Crippen molar-refractivity contribution in [2.75, 3.05) is 26.8 Å². The van der Waals surface area contributed by atoms with E-state index < -0.39 is 5.82 Å². The van der Waals surface area contributed by atoms with Crippen LogP contribution in [0.5, 0.6) is 5.75 Å². The Bertz CT molecular complexity index is 473. The minimum absolute atomic E-state index is 0. The molecule has 0 atom stereocenters. The summed E-state index contributed by atoms with van der Waals surface area (Å²) in [6.07, 6.45) is 3.14. The zero-order chi connectivity index (χ0) is 16.2. The number of rotatable bonds is 9. The summed E-state index contributed by atoms with van der Waals surface area (Å²) in [5.74, 6) is -0.303. The molecule has 7 heteroatoms. The van der Waals surface area contributed by atoms with E-state index in [1.165, 1.54) is 12.1 Å². The smallest absolute Gasteiger partial charge is 0.191 e. The lowest BCUT2D eigenvalue weighted by molar-refractivity contribution is 0.129. The third-order valence-electron chi connectivity index (χ3n) is 3.10. The Labute approximate surface area is 154 Å². The van der Waals surface area contributed by atoms with Gasteiger partial charge in [0.15, 0.2) is 17.5 Å². The molecule has 0 aromatic heterocycles. The molecule has 0 radical (unpaired) electrons. The number of benzene rings is 1. The van der Waals surface area contributed by atoms with Crippen LogP contribution in [0.1, 0.15) is 31.7 Å². The molecule has 0 spiro atoms.